The van der Waals surface area contributed by atoms with Crippen molar-refractivity contribution in [2.75, 3.05) is 5.32 Å². The van der Waals surface area contributed by atoms with Crippen LogP contribution in [0.5, 0.6) is 5.75 Å². The number of H-pyrrole nitrogens is 1. The topological polar surface area (TPSA) is 67.0 Å². The maximum Gasteiger partial charge on any atom is 0.387 e. The van der Waals surface area contributed by atoms with E-state index in [9.17, 15) is 13.6 Å². The SMILES string of the molecule is Cc1ccc(NC(=O)c2cc(-c3cccs3)[nH]n2)c(OC(F)F)c1. The molecule has 0 unspecified atom stereocenters. The number of benzene rings is 1. The molecule has 0 fully saturated rings. The van der Waals surface area contributed by atoms with Gasteiger partial charge in [-0.1, -0.05) is 12.1 Å². The van der Waals surface area contributed by atoms with Crippen LogP contribution in [0.2, 0.25) is 0 Å². The Morgan fingerprint density at radius 2 is 2.17 bits per heavy atom. The lowest BCUT2D eigenvalue weighted by atomic mass is 10.2. The van der Waals surface area contributed by atoms with E-state index in [1.54, 1.807) is 19.1 Å². The summed E-state index contributed by atoms with van der Waals surface area (Å²) in [4.78, 5) is 13.2. The van der Waals surface area contributed by atoms with Gasteiger partial charge in [0.1, 0.15) is 5.75 Å². The van der Waals surface area contributed by atoms with Crippen LogP contribution in [0.3, 0.4) is 0 Å². The van der Waals surface area contributed by atoms with Gasteiger partial charge in [0.05, 0.1) is 16.3 Å². The number of carbonyl (C=O) groups is 1. The van der Waals surface area contributed by atoms with Gasteiger partial charge in [0.25, 0.3) is 5.91 Å². The number of hydrogen-bond donors (Lipinski definition) is 2. The fraction of sp³-hybridized carbons (Fsp3) is 0.125. The molecule has 0 aliphatic heterocycles. The highest BCUT2D eigenvalue weighted by Crippen LogP contribution is 2.28. The fourth-order valence-electron chi connectivity index (χ4n) is 2.11. The molecular formula is C16H13F2N3O2S. The van der Waals surface area contributed by atoms with Crippen LogP contribution in [0.4, 0.5) is 14.5 Å². The third kappa shape index (κ3) is 3.60. The first kappa shape index (κ1) is 16.1. The minimum Gasteiger partial charge on any atom is -0.433 e. The predicted octanol–water partition coefficient (Wildman–Crippen LogP) is 4.30. The predicted molar refractivity (Wildman–Crippen MR) is 87.7 cm³/mol. The quantitative estimate of drug-likeness (QED) is 0.722. The molecule has 2 aromatic heterocycles. The van der Waals surface area contributed by atoms with Crippen LogP contribution in [0.1, 0.15) is 16.1 Å². The number of carbonyl (C=O) groups excluding carboxylic acids is 1. The van der Waals surface area contributed by atoms with Gasteiger partial charge in [0.15, 0.2) is 5.69 Å². The Kier molecular flexibility index (Phi) is 4.57. The zero-order chi connectivity index (χ0) is 17.1. The smallest absolute Gasteiger partial charge is 0.387 e. The lowest BCUT2D eigenvalue weighted by Crippen LogP contribution is -2.14. The number of halogens is 2. The highest BCUT2D eigenvalue weighted by molar-refractivity contribution is 7.13. The first-order valence-corrected chi connectivity index (χ1v) is 7.87. The minimum absolute atomic E-state index is 0.0904. The number of hydrogen-bond acceptors (Lipinski definition) is 4. The summed E-state index contributed by atoms with van der Waals surface area (Å²) in [6.45, 7) is -1.23. The molecule has 5 nitrogen and oxygen atoms in total. The summed E-state index contributed by atoms with van der Waals surface area (Å²) in [5.41, 5.74) is 1.76. The summed E-state index contributed by atoms with van der Waals surface area (Å²) >= 11 is 1.51. The van der Waals surface area contributed by atoms with Crippen molar-refractivity contribution in [1.29, 1.82) is 0 Å². The molecule has 3 rings (SSSR count). The van der Waals surface area contributed by atoms with E-state index < -0.39 is 12.5 Å². The third-order valence-electron chi connectivity index (χ3n) is 3.20. The molecule has 2 N–H and O–H groups in total. The Balaban J connectivity index is 1.80. The van der Waals surface area contributed by atoms with Gasteiger partial charge >= 0.3 is 6.61 Å². The van der Waals surface area contributed by atoms with E-state index in [0.29, 0.717) is 5.69 Å². The number of aromatic nitrogens is 2. The second kappa shape index (κ2) is 6.79. The van der Waals surface area contributed by atoms with Crippen molar-refractivity contribution in [1.82, 2.24) is 10.2 Å². The summed E-state index contributed by atoms with van der Waals surface area (Å²) in [7, 11) is 0. The molecule has 0 aliphatic rings. The fourth-order valence-corrected chi connectivity index (χ4v) is 2.80. The Hall–Kier alpha value is -2.74. The Morgan fingerprint density at radius 3 is 2.88 bits per heavy atom. The monoisotopic (exact) mass is 349 g/mol. The zero-order valence-corrected chi connectivity index (χ0v) is 13.4. The Bertz CT molecular complexity index is 847. The van der Waals surface area contributed by atoms with Crippen molar-refractivity contribution >= 4 is 22.9 Å². The van der Waals surface area contributed by atoms with Crippen LogP contribution < -0.4 is 10.1 Å². The molecule has 2 heterocycles. The molecule has 0 aliphatic carbocycles. The van der Waals surface area contributed by atoms with Crippen molar-refractivity contribution in [2.24, 2.45) is 0 Å². The van der Waals surface area contributed by atoms with Gasteiger partial charge in [-0.15, -0.1) is 11.3 Å². The molecule has 0 saturated heterocycles. The highest BCUT2D eigenvalue weighted by Gasteiger charge is 2.16. The zero-order valence-electron chi connectivity index (χ0n) is 12.5. The van der Waals surface area contributed by atoms with E-state index in [1.807, 2.05) is 17.5 Å². The van der Waals surface area contributed by atoms with E-state index >= 15 is 0 Å². The number of anilines is 1. The average Bonchev–Trinajstić information content (AvgIpc) is 3.19. The Labute approximate surface area is 140 Å². The number of ether oxygens (including phenoxy) is 1. The summed E-state index contributed by atoms with van der Waals surface area (Å²) in [6, 6.07) is 10.0. The van der Waals surface area contributed by atoms with Crippen LogP contribution in [0, 0.1) is 6.92 Å². The lowest BCUT2D eigenvalue weighted by Gasteiger charge is -2.12. The van der Waals surface area contributed by atoms with Gasteiger partial charge < -0.3 is 10.1 Å². The van der Waals surface area contributed by atoms with Crippen molar-refractivity contribution in [3.63, 3.8) is 0 Å². The average molecular weight is 349 g/mol. The first-order valence-electron chi connectivity index (χ1n) is 6.99. The van der Waals surface area contributed by atoms with Crippen molar-refractivity contribution in [2.45, 2.75) is 13.5 Å². The van der Waals surface area contributed by atoms with E-state index in [2.05, 4.69) is 20.3 Å². The standard InChI is InChI=1S/C16H13F2N3O2S/c1-9-4-5-10(13(7-9)23-16(17)18)19-15(22)12-8-11(20-21-12)14-3-2-6-24-14/h2-8,16H,1H3,(H,19,22)(H,20,21). The second-order valence-electron chi connectivity index (χ2n) is 4.98. The second-order valence-corrected chi connectivity index (χ2v) is 5.92. The largest absolute Gasteiger partial charge is 0.433 e. The Morgan fingerprint density at radius 1 is 1.33 bits per heavy atom. The minimum atomic E-state index is -2.97. The van der Waals surface area contributed by atoms with Gasteiger partial charge in [-0.2, -0.15) is 13.9 Å². The molecule has 0 radical (unpaired) electrons. The van der Waals surface area contributed by atoms with Gasteiger partial charge in [0.2, 0.25) is 0 Å². The van der Waals surface area contributed by atoms with Gasteiger partial charge in [-0.05, 0) is 42.1 Å². The molecule has 0 atom stereocenters. The van der Waals surface area contributed by atoms with Crippen molar-refractivity contribution in [3.05, 3.63) is 53.0 Å². The van der Waals surface area contributed by atoms with E-state index in [0.717, 1.165) is 10.4 Å². The van der Waals surface area contributed by atoms with Crippen LogP contribution in [0.15, 0.2) is 41.8 Å². The number of aryl methyl sites for hydroxylation is 1. The first-order chi connectivity index (χ1) is 11.5. The van der Waals surface area contributed by atoms with Crippen LogP contribution >= 0.6 is 11.3 Å². The molecule has 124 valence electrons. The maximum absolute atomic E-state index is 12.5. The molecule has 24 heavy (non-hydrogen) atoms. The number of alkyl halides is 2. The van der Waals surface area contributed by atoms with E-state index in [-0.39, 0.29) is 17.1 Å². The number of rotatable bonds is 5. The van der Waals surface area contributed by atoms with Gasteiger partial charge in [-0.3, -0.25) is 9.89 Å². The number of nitrogens with one attached hydrogen (secondary N) is 2. The molecule has 0 saturated carbocycles. The highest BCUT2D eigenvalue weighted by atomic mass is 32.1. The molecule has 1 amide bonds. The van der Waals surface area contributed by atoms with Gasteiger partial charge in [-0.25, -0.2) is 0 Å². The number of thiophene rings is 1. The van der Waals surface area contributed by atoms with Crippen LogP contribution in [-0.4, -0.2) is 22.7 Å². The summed E-state index contributed by atoms with van der Waals surface area (Å²) in [6.07, 6.45) is 0. The number of nitrogens with zero attached hydrogens (tertiary/aromatic N) is 1. The van der Waals surface area contributed by atoms with Crippen LogP contribution in [-0.2, 0) is 0 Å². The van der Waals surface area contributed by atoms with E-state index in [1.165, 1.54) is 23.5 Å². The summed E-state index contributed by atoms with van der Waals surface area (Å²) in [5, 5.41) is 11.2. The molecule has 0 bridgehead atoms. The molecule has 1 aromatic carbocycles. The molecular weight excluding hydrogens is 336 g/mol. The molecule has 8 heteroatoms. The maximum atomic E-state index is 12.5. The number of aromatic amines is 1. The number of amides is 1. The van der Waals surface area contributed by atoms with Gasteiger partial charge in [0, 0.05) is 0 Å². The van der Waals surface area contributed by atoms with E-state index in [4.69, 9.17) is 0 Å². The van der Waals surface area contributed by atoms with Crippen molar-refractivity contribution < 1.29 is 18.3 Å². The summed E-state index contributed by atoms with van der Waals surface area (Å²) in [5.74, 6) is -0.607. The lowest BCUT2D eigenvalue weighted by molar-refractivity contribution is -0.0494. The third-order valence-corrected chi connectivity index (χ3v) is 4.10. The van der Waals surface area contributed by atoms with Crippen LogP contribution in [0.25, 0.3) is 10.6 Å². The molecule has 0 spiro atoms. The van der Waals surface area contributed by atoms with Crippen molar-refractivity contribution in [3.8, 4) is 16.3 Å². The molecule has 3 aromatic rings. The normalized spacial score (nSPS) is 10.8. The summed E-state index contributed by atoms with van der Waals surface area (Å²) < 4.78 is 29.5.